The van der Waals surface area contributed by atoms with Crippen molar-refractivity contribution in [3.63, 3.8) is 0 Å². The Kier molecular flexibility index (Phi) is 5.99. The summed E-state index contributed by atoms with van der Waals surface area (Å²) in [5.41, 5.74) is 5.48. The molecule has 6 nitrogen and oxygen atoms in total. The minimum absolute atomic E-state index is 0.285. The van der Waals surface area contributed by atoms with Crippen LogP contribution in [0.3, 0.4) is 0 Å². The molecule has 0 saturated carbocycles. The second kappa shape index (κ2) is 7.32. The van der Waals surface area contributed by atoms with Crippen LogP contribution >= 0.6 is 0 Å². The van der Waals surface area contributed by atoms with Crippen molar-refractivity contribution < 1.29 is 9.26 Å². The van der Waals surface area contributed by atoms with Gasteiger partial charge in [-0.15, -0.1) is 0 Å². The number of hydrogen-bond donors (Lipinski definition) is 2. The van der Waals surface area contributed by atoms with Gasteiger partial charge in [0.2, 0.25) is 5.89 Å². The van der Waals surface area contributed by atoms with Gasteiger partial charge in [0.15, 0.2) is 5.82 Å². The Balaban J connectivity index is 2.30. The molecule has 0 aliphatic heterocycles. The quantitative estimate of drug-likeness (QED) is 0.662. The van der Waals surface area contributed by atoms with Crippen molar-refractivity contribution in [1.29, 1.82) is 0 Å². The Hall–Kier alpha value is -0.980. The number of nitrogens with zero attached hydrogens (tertiary/aromatic N) is 2. The first-order chi connectivity index (χ1) is 7.76. The first-order valence-corrected chi connectivity index (χ1v) is 5.47. The van der Waals surface area contributed by atoms with E-state index in [0.29, 0.717) is 31.4 Å². The molecular formula is C10H20N4O2. The van der Waals surface area contributed by atoms with Crippen molar-refractivity contribution in [2.75, 3.05) is 20.3 Å². The van der Waals surface area contributed by atoms with Crippen LogP contribution in [-0.2, 0) is 11.3 Å². The highest BCUT2D eigenvalue weighted by Crippen LogP contribution is 2.00. The summed E-state index contributed by atoms with van der Waals surface area (Å²) in [5, 5.41) is 7.13. The Labute approximate surface area is 95.5 Å². The highest BCUT2D eigenvalue weighted by atomic mass is 16.5. The van der Waals surface area contributed by atoms with Crippen molar-refractivity contribution in [1.82, 2.24) is 15.5 Å². The molecule has 92 valence electrons. The lowest BCUT2D eigenvalue weighted by molar-refractivity contribution is 0.160. The molecule has 1 atom stereocenters. The molecule has 0 bridgehead atoms. The van der Waals surface area contributed by atoms with Gasteiger partial charge in [0, 0.05) is 20.1 Å². The fraction of sp³-hybridized carbons (Fsp3) is 0.800. The van der Waals surface area contributed by atoms with Gasteiger partial charge >= 0.3 is 0 Å². The molecule has 0 amide bonds. The van der Waals surface area contributed by atoms with Gasteiger partial charge in [0.1, 0.15) is 0 Å². The molecule has 0 radical (unpaired) electrons. The van der Waals surface area contributed by atoms with E-state index in [1.165, 1.54) is 0 Å². The van der Waals surface area contributed by atoms with Gasteiger partial charge in [0.05, 0.1) is 13.2 Å². The number of rotatable bonds is 8. The van der Waals surface area contributed by atoms with Crippen molar-refractivity contribution in [2.24, 2.45) is 5.73 Å². The topological polar surface area (TPSA) is 86.2 Å². The molecule has 3 N–H and O–H groups in total. The van der Waals surface area contributed by atoms with Gasteiger partial charge in [-0.05, 0) is 19.4 Å². The Morgan fingerprint density at radius 2 is 2.38 bits per heavy atom. The molecule has 0 aliphatic rings. The number of aryl methyl sites for hydroxylation is 1. The second-order valence-corrected chi connectivity index (χ2v) is 3.69. The zero-order valence-electron chi connectivity index (χ0n) is 9.90. The molecule has 1 aromatic heterocycles. The van der Waals surface area contributed by atoms with Gasteiger partial charge < -0.3 is 20.3 Å². The van der Waals surface area contributed by atoms with E-state index in [1.807, 2.05) is 0 Å². The van der Waals surface area contributed by atoms with Gasteiger partial charge in [-0.25, -0.2) is 0 Å². The molecule has 1 heterocycles. The lowest BCUT2D eigenvalue weighted by atomic mass is 10.1. The monoisotopic (exact) mass is 228 g/mol. The fourth-order valence-electron chi connectivity index (χ4n) is 1.46. The zero-order valence-corrected chi connectivity index (χ0v) is 9.90. The number of aromatic nitrogens is 2. The lowest BCUT2D eigenvalue weighted by Gasteiger charge is -2.16. The van der Waals surface area contributed by atoms with E-state index in [9.17, 15) is 0 Å². The van der Waals surface area contributed by atoms with Crippen LogP contribution in [0.2, 0.25) is 0 Å². The fourth-order valence-corrected chi connectivity index (χ4v) is 1.46. The highest BCUT2D eigenvalue weighted by molar-refractivity contribution is 4.84. The number of nitrogens with two attached hydrogens (primary N) is 1. The van der Waals surface area contributed by atoms with Crippen LogP contribution in [-0.4, -0.2) is 36.4 Å². The maximum absolute atomic E-state index is 5.48. The van der Waals surface area contributed by atoms with Gasteiger partial charge in [-0.1, -0.05) is 5.16 Å². The maximum atomic E-state index is 5.48. The van der Waals surface area contributed by atoms with E-state index in [-0.39, 0.29) is 6.04 Å². The summed E-state index contributed by atoms with van der Waals surface area (Å²) in [4.78, 5) is 4.12. The average molecular weight is 228 g/mol. The molecule has 0 aromatic carbocycles. The predicted molar refractivity (Wildman–Crippen MR) is 59.8 cm³/mol. The highest BCUT2D eigenvalue weighted by Gasteiger charge is 2.09. The van der Waals surface area contributed by atoms with Crippen molar-refractivity contribution >= 4 is 0 Å². The van der Waals surface area contributed by atoms with Crippen LogP contribution in [0.25, 0.3) is 0 Å². The van der Waals surface area contributed by atoms with Crippen LogP contribution in [0.15, 0.2) is 4.52 Å². The smallest absolute Gasteiger partial charge is 0.223 e. The first-order valence-electron chi connectivity index (χ1n) is 5.47. The van der Waals surface area contributed by atoms with E-state index in [4.69, 9.17) is 15.0 Å². The normalized spacial score (nSPS) is 12.9. The Morgan fingerprint density at radius 3 is 2.94 bits per heavy atom. The van der Waals surface area contributed by atoms with Crippen molar-refractivity contribution in [2.45, 2.75) is 32.4 Å². The summed E-state index contributed by atoms with van der Waals surface area (Å²) in [6.45, 7) is 3.73. The van der Waals surface area contributed by atoms with E-state index < -0.39 is 0 Å². The second-order valence-electron chi connectivity index (χ2n) is 3.69. The third kappa shape index (κ3) is 4.69. The largest absolute Gasteiger partial charge is 0.383 e. The zero-order chi connectivity index (χ0) is 11.8. The number of nitrogens with one attached hydrogen (secondary N) is 1. The van der Waals surface area contributed by atoms with Gasteiger partial charge in [-0.3, -0.25) is 0 Å². The number of ether oxygens (including phenoxy) is 1. The molecule has 0 spiro atoms. The van der Waals surface area contributed by atoms with Gasteiger partial charge in [-0.2, -0.15) is 4.98 Å². The van der Waals surface area contributed by atoms with E-state index in [2.05, 4.69) is 15.5 Å². The summed E-state index contributed by atoms with van der Waals surface area (Å²) >= 11 is 0. The molecule has 0 fully saturated rings. The standard InChI is InChI=1S/C10H20N4O2/c1-8-13-10(14-16-8)6-12-9(7-15-2)4-3-5-11/h9,12H,3-7,11H2,1-2H3. The average Bonchev–Trinajstić information content (AvgIpc) is 2.68. The van der Waals surface area contributed by atoms with Crippen LogP contribution in [0.5, 0.6) is 0 Å². The van der Waals surface area contributed by atoms with E-state index in [1.54, 1.807) is 14.0 Å². The summed E-state index contributed by atoms with van der Waals surface area (Å²) < 4.78 is 10.0. The molecule has 1 rings (SSSR count). The number of methoxy groups -OCH3 is 1. The summed E-state index contributed by atoms with van der Waals surface area (Å²) in [5.74, 6) is 1.26. The van der Waals surface area contributed by atoms with E-state index in [0.717, 1.165) is 12.8 Å². The van der Waals surface area contributed by atoms with Gasteiger partial charge in [0.25, 0.3) is 0 Å². The van der Waals surface area contributed by atoms with Crippen LogP contribution in [0, 0.1) is 6.92 Å². The molecule has 6 heteroatoms. The Bertz CT molecular complexity index is 290. The molecule has 1 aromatic rings. The molecule has 0 aliphatic carbocycles. The van der Waals surface area contributed by atoms with E-state index >= 15 is 0 Å². The van der Waals surface area contributed by atoms with Crippen molar-refractivity contribution in [3.8, 4) is 0 Å². The molecule has 1 unspecified atom stereocenters. The molecular weight excluding hydrogens is 208 g/mol. The minimum Gasteiger partial charge on any atom is -0.383 e. The first kappa shape index (κ1) is 13.1. The summed E-state index contributed by atoms with van der Waals surface area (Å²) in [6, 6.07) is 0.285. The van der Waals surface area contributed by atoms with Crippen LogP contribution < -0.4 is 11.1 Å². The third-order valence-electron chi connectivity index (χ3n) is 2.24. The lowest BCUT2D eigenvalue weighted by Crippen LogP contribution is -2.33. The maximum Gasteiger partial charge on any atom is 0.223 e. The number of hydrogen-bond acceptors (Lipinski definition) is 6. The SMILES string of the molecule is COCC(CCCN)NCc1noc(C)n1. The minimum atomic E-state index is 0.285. The van der Waals surface area contributed by atoms with Crippen LogP contribution in [0.1, 0.15) is 24.6 Å². The predicted octanol–water partition coefficient (Wildman–Crippen LogP) is 0.222. The summed E-state index contributed by atoms with van der Waals surface area (Å²) in [6.07, 6.45) is 1.97. The molecule has 0 saturated heterocycles. The third-order valence-corrected chi connectivity index (χ3v) is 2.24. The molecule has 16 heavy (non-hydrogen) atoms. The van der Waals surface area contributed by atoms with Crippen LogP contribution in [0.4, 0.5) is 0 Å². The summed E-state index contributed by atoms with van der Waals surface area (Å²) in [7, 11) is 1.69. The van der Waals surface area contributed by atoms with Crippen molar-refractivity contribution in [3.05, 3.63) is 11.7 Å². The Morgan fingerprint density at radius 1 is 1.56 bits per heavy atom.